The van der Waals surface area contributed by atoms with Crippen LogP contribution in [0, 0.1) is 5.82 Å². The van der Waals surface area contributed by atoms with Crippen molar-refractivity contribution in [2.45, 2.75) is 5.88 Å². The molecule has 0 fully saturated rings. The van der Waals surface area contributed by atoms with Gasteiger partial charge in [0.2, 0.25) is 5.89 Å². The fourth-order valence-electron chi connectivity index (χ4n) is 1.08. The molecule has 3 nitrogen and oxygen atoms in total. The van der Waals surface area contributed by atoms with Crippen LogP contribution in [0.1, 0.15) is 5.89 Å². The lowest BCUT2D eigenvalue weighted by molar-refractivity contribution is 0.521. The van der Waals surface area contributed by atoms with Crippen LogP contribution in [-0.4, -0.2) is 10.2 Å². The van der Waals surface area contributed by atoms with Gasteiger partial charge in [0, 0.05) is 5.02 Å². The van der Waals surface area contributed by atoms with E-state index in [-0.39, 0.29) is 23.2 Å². The van der Waals surface area contributed by atoms with Crippen LogP contribution < -0.4 is 0 Å². The molecular weight excluding hydrogens is 242 g/mol. The van der Waals surface area contributed by atoms with E-state index >= 15 is 0 Å². The first-order valence-corrected chi connectivity index (χ1v) is 4.95. The summed E-state index contributed by atoms with van der Waals surface area (Å²) in [6.07, 6.45) is 0. The summed E-state index contributed by atoms with van der Waals surface area (Å²) in [6, 6.07) is 4.10. The molecule has 1 heterocycles. The van der Waals surface area contributed by atoms with E-state index in [0.29, 0.717) is 5.02 Å². The van der Waals surface area contributed by atoms with Crippen LogP contribution in [0.2, 0.25) is 5.02 Å². The van der Waals surface area contributed by atoms with Gasteiger partial charge in [-0.05, 0) is 18.2 Å². The first-order valence-electron chi connectivity index (χ1n) is 4.04. The van der Waals surface area contributed by atoms with E-state index in [0.717, 1.165) is 0 Å². The average Bonchev–Trinajstić information content (AvgIpc) is 2.70. The zero-order valence-electron chi connectivity index (χ0n) is 7.38. The minimum Gasteiger partial charge on any atom is -0.419 e. The summed E-state index contributed by atoms with van der Waals surface area (Å²) >= 11 is 11.2. The van der Waals surface area contributed by atoms with E-state index in [1.54, 1.807) is 0 Å². The zero-order valence-corrected chi connectivity index (χ0v) is 8.89. The van der Waals surface area contributed by atoms with E-state index in [4.69, 9.17) is 27.6 Å². The smallest absolute Gasteiger partial charge is 0.250 e. The fourth-order valence-corrected chi connectivity index (χ4v) is 1.36. The third-order valence-electron chi connectivity index (χ3n) is 1.74. The first kappa shape index (κ1) is 10.4. The average molecular weight is 247 g/mol. The van der Waals surface area contributed by atoms with Crippen LogP contribution in [0.25, 0.3) is 11.5 Å². The van der Waals surface area contributed by atoms with Gasteiger partial charge in [0.15, 0.2) is 0 Å². The quantitative estimate of drug-likeness (QED) is 0.764. The van der Waals surface area contributed by atoms with Gasteiger partial charge in [-0.3, -0.25) is 0 Å². The van der Waals surface area contributed by atoms with E-state index in [1.807, 2.05) is 0 Å². The molecule has 0 saturated carbocycles. The van der Waals surface area contributed by atoms with Gasteiger partial charge in [-0.2, -0.15) is 0 Å². The van der Waals surface area contributed by atoms with E-state index < -0.39 is 5.82 Å². The number of hydrogen-bond donors (Lipinski definition) is 0. The van der Waals surface area contributed by atoms with Gasteiger partial charge >= 0.3 is 0 Å². The highest BCUT2D eigenvalue weighted by Gasteiger charge is 2.12. The number of hydrogen-bond acceptors (Lipinski definition) is 3. The maximum atomic E-state index is 13.3. The highest BCUT2D eigenvalue weighted by molar-refractivity contribution is 6.30. The van der Waals surface area contributed by atoms with Gasteiger partial charge in [-0.25, -0.2) is 4.39 Å². The summed E-state index contributed by atoms with van der Waals surface area (Å²) in [7, 11) is 0. The van der Waals surface area contributed by atoms with Crippen molar-refractivity contribution in [3.05, 3.63) is 34.9 Å². The molecule has 0 radical (unpaired) electrons. The van der Waals surface area contributed by atoms with Crippen LogP contribution in [0.15, 0.2) is 22.6 Å². The summed E-state index contributed by atoms with van der Waals surface area (Å²) < 4.78 is 18.5. The number of halogens is 3. The van der Waals surface area contributed by atoms with Gasteiger partial charge in [0.1, 0.15) is 11.7 Å². The molecule has 0 aliphatic heterocycles. The maximum absolute atomic E-state index is 13.3. The van der Waals surface area contributed by atoms with Crippen LogP contribution in [0.5, 0.6) is 0 Å². The lowest BCUT2D eigenvalue weighted by Crippen LogP contribution is -1.84. The van der Waals surface area contributed by atoms with Gasteiger partial charge in [-0.1, -0.05) is 11.6 Å². The molecule has 6 heteroatoms. The second kappa shape index (κ2) is 4.16. The van der Waals surface area contributed by atoms with Crippen LogP contribution in [-0.2, 0) is 5.88 Å². The molecule has 0 N–H and O–H groups in total. The Balaban J connectivity index is 2.48. The molecule has 1 aromatic heterocycles. The Morgan fingerprint density at radius 2 is 2.13 bits per heavy atom. The zero-order chi connectivity index (χ0) is 10.8. The van der Waals surface area contributed by atoms with E-state index in [1.165, 1.54) is 18.2 Å². The van der Waals surface area contributed by atoms with E-state index in [9.17, 15) is 4.39 Å². The van der Waals surface area contributed by atoms with Crippen LogP contribution in [0.4, 0.5) is 4.39 Å². The Bertz CT molecular complexity index is 487. The van der Waals surface area contributed by atoms with Crippen LogP contribution in [0.3, 0.4) is 0 Å². The molecule has 1 aromatic carbocycles. The maximum Gasteiger partial charge on any atom is 0.250 e. The molecule has 0 saturated heterocycles. The van der Waals surface area contributed by atoms with Crippen molar-refractivity contribution in [1.82, 2.24) is 10.2 Å². The summed E-state index contributed by atoms with van der Waals surface area (Å²) in [6.45, 7) is 0. The molecule has 0 aliphatic carbocycles. The van der Waals surface area contributed by atoms with Gasteiger partial charge in [-0.15, -0.1) is 21.8 Å². The molecule has 0 bridgehead atoms. The normalized spacial score (nSPS) is 10.6. The van der Waals surface area contributed by atoms with Crippen molar-refractivity contribution in [3.63, 3.8) is 0 Å². The predicted molar refractivity (Wildman–Crippen MR) is 54.3 cm³/mol. The molecular formula is C9H5Cl2FN2O. The monoisotopic (exact) mass is 246 g/mol. The van der Waals surface area contributed by atoms with Crippen molar-refractivity contribution < 1.29 is 8.81 Å². The molecule has 0 unspecified atom stereocenters. The summed E-state index contributed by atoms with van der Waals surface area (Å²) in [5.74, 6) is -0.0595. The summed E-state index contributed by atoms with van der Waals surface area (Å²) in [4.78, 5) is 0. The highest BCUT2D eigenvalue weighted by Crippen LogP contribution is 2.25. The number of aromatic nitrogens is 2. The fraction of sp³-hybridized carbons (Fsp3) is 0.111. The topological polar surface area (TPSA) is 38.9 Å². The van der Waals surface area contributed by atoms with Crippen molar-refractivity contribution in [3.8, 4) is 11.5 Å². The minimum atomic E-state index is -0.468. The Labute approximate surface area is 94.8 Å². The molecule has 78 valence electrons. The molecule has 0 spiro atoms. The van der Waals surface area contributed by atoms with Gasteiger partial charge < -0.3 is 4.42 Å². The van der Waals surface area contributed by atoms with Crippen molar-refractivity contribution in [1.29, 1.82) is 0 Å². The Hall–Kier alpha value is -1.13. The molecule has 0 aliphatic rings. The number of nitrogens with zero attached hydrogens (tertiary/aromatic N) is 2. The van der Waals surface area contributed by atoms with Crippen LogP contribution >= 0.6 is 23.2 Å². The molecule has 15 heavy (non-hydrogen) atoms. The van der Waals surface area contributed by atoms with E-state index in [2.05, 4.69) is 10.2 Å². The second-order valence-corrected chi connectivity index (χ2v) is 3.46. The number of benzene rings is 1. The Morgan fingerprint density at radius 3 is 2.80 bits per heavy atom. The SMILES string of the molecule is Fc1ccc(Cl)cc1-c1nnc(CCl)o1. The molecule has 0 amide bonds. The largest absolute Gasteiger partial charge is 0.419 e. The lowest BCUT2D eigenvalue weighted by Gasteiger charge is -1.97. The van der Waals surface area contributed by atoms with Crippen molar-refractivity contribution in [2.24, 2.45) is 0 Å². The predicted octanol–water partition coefficient (Wildman–Crippen LogP) is 3.27. The molecule has 2 aromatic rings. The summed E-state index contributed by atoms with van der Waals surface area (Å²) in [5, 5.41) is 7.68. The van der Waals surface area contributed by atoms with Gasteiger partial charge in [0.25, 0.3) is 5.89 Å². The second-order valence-electron chi connectivity index (χ2n) is 2.76. The van der Waals surface area contributed by atoms with Crippen molar-refractivity contribution in [2.75, 3.05) is 0 Å². The lowest BCUT2D eigenvalue weighted by atomic mass is 10.2. The minimum absolute atomic E-state index is 0.0747. The standard InChI is InChI=1S/C9H5Cl2FN2O/c10-4-8-13-14-9(15-8)6-3-5(11)1-2-7(6)12/h1-3H,4H2. The number of rotatable bonds is 2. The third kappa shape index (κ3) is 2.11. The van der Waals surface area contributed by atoms with Crippen molar-refractivity contribution >= 4 is 23.2 Å². The summed E-state index contributed by atoms with van der Waals surface area (Å²) in [5.41, 5.74) is 0.173. The first-order chi connectivity index (χ1) is 7.20. The molecule has 2 rings (SSSR count). The Kier molecular flexibility index (Phi) is 2.88. The Morgan fingerprint density at radius 1 is 1.33 bits per heavy atom. The molecule has 0 atom stereocenters. The highest BCUT2D eigenvalue weighted by atomic mass is 35.5. The third-order valence-corrected chi connectivity index (χ3v) is 2.20. The number of alkyl halides is 1. The van der Waals surface area contributed by atoms with Gasteiger partial charge in [0.05, 0.1) is 5.56 Å².